The largest absolute Gasteiger partial charge is 0.499 e. The van der Waals surface area contributed by atoms with Gasteiger partial charge in [-0.3, -0.25) is 4.90 Å². The Morgan fingerprint density at radius 3 is 2.11 bits per heavy atom. The summed E-state index contributed by atoms with van der Waals surface area (Å²) in [6, 6.07) is 8.03. The van der Waals surface area contributed by atoms with E-state index < -0.39 is 0 Å². The number of benzene rings is 1. The van der Waals surface area contributed by atoms with Crippen LogP contribution in [0.2, 0.25) is 0 Å². The van der Waals surface area contributed by atoms with Gasteiger partial charge in [-0.15, -0.1) is 0 Å². The van der Waals surface area contributed by atoms with Gasteiger partial charge in [0.05, 0.1) is 12.4 Å². The highest BCUT2D eigenvalue weighted by Crippen LogP contribution is 2.42. The Morgan fingerprint density at radius 2 is 1.53 bits per heavy atom. The first-order valence-corrected chi connectivity index (χ1v) is 15.4. The van der Waals surface area contributed by atoms with E-state index in [0.717, 1.165) is 30.4 Å². The van der Waals surface area contributed by atoms with Gasteiger partial charge in [-0.2, -0.15) is 0 Å². The summed E-state index contributed by atoms with van der Waals surface area (Å²) in [5.41, 5.74) is 1.20. The molecule has 1 aromatic carbocycles. The van der Waals surface area contributed by atoms with Crippen molar-refractivity contribution in [2.75, 3.05) is 19.7 Å². The van der Waals surface area contributed by atoms with Crippen molar-refractivity contribution in [3.05, 3.63) is 48.0 Å². The Balaban J connectivity index is 1.49. The summed E-state index contributed by atoms with van der Waals surface area (Å²) >= 11 is 0. The first-order valence-electron chi connectivity index (χ1n) is 15.4. The van der Waals surface area contributed by atoms with Gasteiger partial charge >= 0.3 is 0 Å². The van der Waals surface area contributed by atoms with Gasteiger partial charge in [-0.05, 0) is 93.5 Å². The topological polar surface area (TPSA) is 12.5 Å². The summed E-state index contributed by atoms with van der Waals surface area (Å²) in [6.45, 7) is 9.35. The minimum absolute atomic E-state index is 0.0944. The van der Waals surface area contributed by atoms with E-state index >= 15 is 0 Å². The van der Waals surface area contributed by atoms with E-state index in [4.69, 9.17) is 4.74 Å². The molecule has 0 bridgehead atoms. The monoisotopic (exact) mass is 497 g/mol. The number of halogens is 1. The van der Waals surface area contributed by atoms with Gasteiger partial charge in [-0.1, -0.05) is 82.9 Å². The molecule has 0 saturated heterocycles. The molecule has 3 aliphatic rings. The third kappa shape index (κ3) is 8.33. The van der Waals surface area contributed by atoms with Gasteiger partial charge in [0.2, 0.25) is 0 Å². The summed E-state index contributed by atoms with van der Waals surface area (Å²) in [6.07, 6.45) is 21.5. The van der Waals surface area contributed by atoms with Crippen LogP contribution in [0.1, 0.15) is 121 Å². The second kappa shape index (κ2) is 14.6. The summed E-state index contributed by atoms with van der Waals surface area (Å²) < 4.78 is 20.1. The maximum absolute atomic E-state index is 14.4. The molecule has 4 rings (SSSR count). The van der Waals surface area contributed by atoms with Crippen molar-refractivity contribution in [3.63, 3.8) is 0 Å². The maximum atomic E-state index is 14.4. The van der Waals surface area contributed by atoms with E-state index in [1.54, 1.807) is 6.07 Å². The average molecular weight is 498 g/mol. The number of ether oxygens (including phenoxy) is 1. The minimum atomic E-state index is -0.0944. The molecule has 1 aromatic rings. The van der Waals surface area contributed by atoms with E-state index in [-0.39, 0.29) is 5.82 Å². The zero-order valence-electron chi connectivity index (χ0n) is 23.1. The molecule has 3 atom stereocenters. The first-order chi connectivity index (χ1) is 17.6. The lowest BCUT2D eigenvalue weighted by Gasteiger charge is -2.44. The Morgan fingerprint density at radius 1 is 0.889 bits per heavy atom. The Bertz CT molecular complexity index is 760. The van der Waals surface area contributed by atoms with Crippen LogP contribution in [-0.2, 0) is 4.74 Å². The third-order valence-corrected chi connectivity index (χ3v) is 9.63. The summed E-state index contributed by atoms with van der Waals surface area (Å²) in [7, 11) is 0. The fourth-order valence-corrected chi connectivity index (χ4v) is 7.64. The van der Waals surface area contributed by atoms with Crippen LogP contribution in [0.25, 0.3) is 0 Å². The van der Waals surface area contributed by atoms with Crippen LogP contribution < -0.4 is 0 Å². The number of hydrogen-bond donors (Lipinski definition) is 0. The normalized spacial score (nSPS) is 26.2. The minimum Gasteiger partial charge on any atom is -0.499 e. The van der Waals surface area contributed by atoms with Crippen LogP contribution in [0, 0.1) is 23.6 Å². The molecule has 0 aromatic heterocycles. The van der Waals surface area contributed by atoms with Gasteiger partial charge in [0.15, 0.2) is 0 Å². The molecule has 0 heterocycles. The lowest BCUT2D eigenvalue weighted by Crippen LogP contribution is -2.45. The van der Waals surface area contributed by atoms with E-state index in [1.807, 2.05) is 19.1 Å². The highest BCUT2D eigenvalue weighted by Gasteiger charge is 2.36. The highest BCUT2D eigenvalue weighted by molar-refractivity contribution is 5.23. The van der Waals surface area contributed by atoms with Gasteiger partial charge in [0, 0.05) is 12.5 Å². The molecule has 202 valence electrons. The van der Waals surface area contributed by atoms with Crippen LogP contribution in [0.15, 0.2) is 36.6 Å². The molecule has 36 heavy (non-hydrogen) atoms. The fourth-order valence-electron chi connectivity index (χ4n) is 7.64. The van der Waals surface area contributed by atoms with Crippen LogP contribution in [0.4, 0.5) is 4.39 Å². The number of hydrogen-bond acceptors (Lipinski definition) is 2. The molecule has 2 nitrogen and oxygen atoms in total. The molecule has 0 unspecified atom stereocenters. The van der Waals surface area contributed by atoms with Crippen molar-refractivity contribution >= 4 is 0 Å². The van der Waals surface area contributed by atoms with Crippen LogP contribution in [0.5, 0.6) is 0 Å². The van der Waals surface area contributed by atoms with Crippen molar-refractivity contribution in [3.8, 4) is 0 Å². The van der Waals surface area contributed by atoms with Crippen LogP contribution in [-0.4, -0.2) is 30.6 Å². The van der Waals surface area contributed by atoms with Crippen LogP contribution >= 0.6 is 0 Å². The molecule has 0 spiro atoms. The van der Waals surface area contributed by atoms with Crippen molar-refractivity contribution in [2.24, 2.45) is 17.8 Å². The lowest BCUT2D eigenvalue weighted by molar-refractivity contribution is 0.0909. The first kappa shape index (κ1) is 27.7. The van der Waals surface area contributed by atoms with Crippen LogP contribution in [0.3, 0.4) is 0 Å². The van der Waals surface area contributed by atoms with Crippen molar-refractivity contribution < 1.29 is 9.13 Å². The summed E-state index contributed by atoms with van der Waals surface area (Å²) in [4.78, 5) is 2.88. The molecule has 3 fully saturated rings. The Hall–Kier alpha value is -1.35. The van der Waals surface area contributed by atoms with Gasteiger partial charge < -0.3 is 4.74 Å². The maximum Gasteiger partial charge on any atom is 0.123 e. The third-order valence-electron chi connectivity index (χ3n) is 9.63. The second-order valence-electron chi connectivity index (χ2n) is 12.2. The van der Waals surface area contributed by atoms with E-state index in [9.17, 15) is 4.39 Å². The van der Waals surface area contributed by atoms with E-state index in [0.29, 0.717) is 24.5 Å². The molecule has 0 N–H and O–H groups in total. The molecule has 0 aliphatic heterocycles. The standard InChI is InChI=1S/C33H52FNO/c1-3-36-26(2)23-29-17-18-33(32(24-29)30-15-10-16-31(34)25-30)35(21-19-27-11-6-4-7-12-27)22-20-28-13-8-5-9-14-28/h10,15-16,25,27-29,32-33H,2-9,11-14,17-24H2,1H3/t29-,32-,33+/m0/s1. The van der Waals surface area contributed by atoms with Crippen molar-refractivity contribution in [1.82, 2.24) is 4.90 Å². The predicted octanol–water partition coefficient (Wildman–Crippen LogP) is 9.26. The fraction of sp³-hybridized carbons (Fsp3) is 0.758. The smallest absolute Gasteiger partial charge is 0.123 e. The zero-order valence-corrected chi connectivity index (χ0v) is 23.1. The molecule has 3 aliphatic carbocycles. The number of allylic oxidation sites excluding steroid dienone is 1. The molecule has 0 radical (unpaired) electrons. The molecule has 3 heteroatoms. The van der Waals surface area contributed by atoms with Gasteiger partial charge in [-0.25, -0.2) is 4.39 Å². The van der Waals surface area contributed by atoms with Gasteiger partial charge in [0.25, 0.3) is 0 Å². The van der Waals surface area contributed by atoms with E-state index in [1.165, 1.54) is 109 Å². The molecule has 0 amide bonds. The summed E-state index contributed by atoms with van der Waals surface area (Å²) in [5, 5.41) is 0. The SMILES string of the molecule is C=C(C[C@@H]1CC[C@@H](N(CCC2CCCCC2)CCC2CCCCC2)[C@H](c2cccc(F)c2)C1)OCC. The number of nitrogens with zero attached hydrogens (tertiary/aromatic N) is 1. The van der Waals surface area contributed by atoms with Crippen molar-refractivity contribution in [2.45, 2.75) is 122 Å². The molecule has 3 saturated carbocycles. The van der Waals surface area contributed by atoms with Gasteiger partial charge in [0.1, 0.15) is 5.82 Å². The Labute approximate surface area is 221 Å². The summed E-state index contributed by atoms with van der Waals surface area (Å²) in [5.74, 6) is 3.62. The van der Waals surface area contributed by atoms with E-state index in [2.05, 4.69) is 17.5 Å². The highest BCUT2D eigenvalue weighted by atomic mass is 19.1. The Kier molecular flexibility index (Phi) is 11.2. The predicted molar refractivity (Wildman–Crippen MR) is 150 cm³/mol. The van der Waals surface area contributed by atoms with Crippen molar-refractivity contribution in [1.29, 1.82) is 0 Å². The quantitative estimate of drug-likeness (QED) is 0.267. The zero-order chi connectivity index (χ0) is 25.2. The number of rotatable bonds is 12. The second-order valence-corrected chi connectivity index (χ2v) is 12.2. The lowest BCUT2D eigenvalue weighted by atomic mass is 9.72. The average Bonchev–Trinajstić information content (AvgIpc) is 2.90. The molecular weight excluding hydrogens is 445 g/mol. The molecular formula is C33H52FNO.